The van der Waals surface area contributed by atoms with Crippen LogP contribution in [-0.4, -0.2) is 24.3 Å². The quantitative estimate of drug-likeness (QED) is 0.525. The van der Waals surface area contributed by atoms with Gasteiger partial charge in [0.2, 0.25) is 0 Å². The Morgan fingerprint density at radius 1 is 1.38 bits per heavy atom. The molecular weight excluding hydrogens is 168 g/mol. The van der Waals surface area contributed by atoms with E-state index in [2.05, 4.69) is 4.74 Å². The van der Waals surface area contributed by atoms with Gasteiger partial charge in [-0.3, -0.25) is 4.79 Å². The van der Waals surface area contributed by atoms with Gasteiger partial charge in [-0.05, 0) is 18.8 Å². The molecule has 1 N–H and O–H groups in total. The van der Waals surface area contributed by atoms with Crippen LogP contribution >= 0.6 is 0 Å². The van der Waals surface area contributed by atoms with E-state index in [0.717, 1.165) is 25.7 Å². The average molecular weight is 186 g/mol. The van der Waals surface area contributed by atoms with Crippen molar-refractivity contribution in [2.75, 3.05) is 7.11 Å². The summed E-state index contributed by atoms with van der Waals surface area (Å²) in [6.07, 6.45) is 5.24. The van der Waals surface area contributed by atoms with Gasteiger partial charge in [-0.1, -0.05) is 19.3 Å². The average Bonchev–Trinajstić information content (AvgIpc) is 2.32. The lowest BCUT2D eigenvalue weighted by atomic mass is 9.94. The van der Waals surface area contributed by atoms with Crippen LogP contribution in [-0.2, 0) is 9.53 Å². The summed E-state index contributed by atoms with van der Waals surface area (Å²) < 4.78 is 4.59. The van der Waals surface area contributed by atoms with Crippen molar-refractivity contribution in [3.05, 3.63) is 0 Å². The minimum absolute atomic E-state index is 0.120. The van der Waals surface area contributed by atoms with Gasteiger partial charge in [-0.25, -0.2) is 0 Å². The number of carbonyl (C=O) groups excluding carboxylic acids is 1. The highest BCUT2D eigenvalue weighted by atomic mass is 16.5. The number of hydrogen-bond acceptors (Lipinski definition) is 3. The summed E-state index contributed by atoms with van der Waals surface area (Å²) >= 11 is 0. The van der Waals surface area contributed by atoms with E-state index < -0.39 is 0 Å². The summed E-state index contributed by atoms with van der Waals surface area (Å²) in [6, 6.07) is 0. The molecule has 0 aromatic heterocycles. The highest BCUT2D eigenvalue weighted by molar-refractivity contribution is 5.69. The van der Waals surface area contributed by atoms with Crippen LogP contribution in [0.1, 0.15) is 38.5 Å². The Bertz CT molecular complexity index is 168. The molecule has 1 fully saturated rings. The van der Waals surface area contributed by atoms with E-state index in [1.165, 1.54) is 13.5 Å². The normalized spacial score (nSPS) is 29.4. The molecule has 0 heterocycles. The van der Waals surface area contributed by atoms with Crippen LogP contribution in [0.25, 0.3) is 0 Å². The Balaban J connectivity index is 2.40. The summed E-state index contributed by atoms with van der Waals surface area (Å²) in [4.78, 5) is 11.0. The first-order chi connectivity index (χ1) is 6.24. The smallest absolute Gasteiger partial charge is 0.305 e. The van der Waals surface area contributed by atoms with Gasteiger partial charge in [0, 0.05) is 0 Å². The van der Waals surface area contributed by atoms with E-state index in [1.54, 1.807) is 0 Å². The number of ether oxygens (including phenoxy) is 1. The molecule has 0 amide bonds. The van der Waals surface area contributed by atoms with E-state index >= 15 is 0 Å². The molecule has 0 radical (unpaired) electrons. The lowest BCUT2D eigenvalue weighted by Crippen LogP contribution is -2.22. The zero-order valence-electron chi connectivity index (χ0n) is 8.16. The van der Waals surface area contributed by atoms with E-state index in [9.17, 15) is 9.90 Å². The summed E-state index contributed by atoms with van der Waals surface area (Å²) in [5, 5.41) is 9.69. The molecule has 1 saturated carbocycles. The van der Waals surface area contributed by atoms with Crippen molar-refractivity contribution in [1.29, 1.82) is 0 Å². The van der Waals surface area contributed by atoms with E-state index in [-0.39, 0.29) is 18.0 Å². The molecule has 2 atom stereocenters. The van der Waals surface area contributed by atoms with Crippen LogP contribution < -0.4 is 0 Å². The molecule has 0 aliphatic heterocycles. The fourth-order valence-electron chi connectivity index (χ4n) is 1.90. The molecule has 1 rings (SSSR count). The third-order valence-corrected chi connectivity index (χ3v) is 2.78. The van der Waals surface area contributed by atoms with Crippen LogP contribution in [0.3, 0.4) is 0 Å². The molecule has 0 aromatic carbocycles. The fourth-order valence-corrected chi connectivity index (χ4v) is 1.90. The molecule has 0 spiro atoms. The Labute approximate surface area is 79.1 Å². The van der Waals surface area contributed by atoms with Crippen molar-refractivity contribution >= 4 is 5.97 Å². The van der Waals surface area contributed by atoms with Gasteiger partial charge in [0.15, 0.2) is 0 Å². The molecule has 0 bridgehead atoms. The van der Waals surface area contributed by atoms with Crippen LogP contribution in [0.15, 0.2) is 0 Å². The molecule has 13 heavy (non-hydrogen) atoms. The van der Waals surface area contributed by atoms with Crippen LogP contribution in [0, 0.1) is 5.92 Å². The third kappa shape index (κ3) is 3.35. The highest BCUT2D eigenvalue weighted by Gasteiger charge is 2.24. The number of aliphatic hydroxyl groups excluding tert-OH is 1. The van der Waals surface area contributed by atoms with Crippen molar-refractivity contribution in [3.8, 4) is 0 Å². The Morgan fingerprint density at radius 3 is 2.77 bits per heavy atom. The largest absolute Gasteiger partial charge is 0.469 e. The van der Waals surface area contributed by atoms with Crippen LogP contribution in [0.4, 0.5) is 0 Å². The lowest BCUT2D eigenvalue weighted by molar-refractivity contribution is -0.142. The maximum Gasteiger partial charge on any atom is 0.305 e. The molecule has 0 aromatic rings. The molecule has 1 aliphatic carbocycles. The molecule has 3 nitrogen and oxygen atoms in total. The molecule has 3 heteroatoms. The summed E-state index contributed by atoms with van der Waals surface area (Å²) in [6.45, 7) is 0. The topological polar surface area (TPSA) is 46.5 Å². The van der Waals surface area contributed by atoms with Gasteiger partial charge in [0.1, 0.15) is 0 Å². The number of esters is 1. The number of hydrogen-bond donors (Lipinski definition) is 1. The van der Waals surface area contributed by atoms with Gasteiger partial charge in [-0.2, -0.15) is 0 Å². The van der Waals surface area contributed by atoms with E-state index in [4.69, 9.17) is 0 Å². The van der Waals surface area contributed by atoms with Crippen LogP contribution in [0.5, 0.6) is 0 Å². The van der Waals surface area contributed by atoms with Crippen molar-refractivity contribution in [1.82, 2.24) is 0 Å². The van der Waals surface area contributed by atoms with Crippen molar-refractivity contribution in [2.45, 2.75) is 44.6 Å². The summed E-state index contributed by atoms with van der Waals surface area (Å²) in [5.41, 5.74) is 0. The Kier molecular flexibility index (Phi) is 4.22. The summed E-state index contributed by atoms with van der Waals surface area (Å²) in [7, 11) is 1.39. The second-order valence-electron chi connectivity index (χ2n) is 3.75. The second-order valence-corrected chi connectivity index (χ2v) is 3.75. The zero-order valence-corrected chi connectivity index (χ0v) is 8.16. The van der Waals surface area contributed by atoms with Gasteiger partial charge < -0.3 is 9.84 Å². The standard InChI is InChI=1S/C10H18O3/c1-13-10(12)7-8-5-3-2-4-6-9(8)11/h8-9,11H,2-7H2,1H3. The first-order valence-electron chi connectivity index (χ1n) is 4.99. The molecular formula is C10H18O3. The SMILES string of the molecule is COC(=O)CC1CCCCCC1O. The molecule has 1 aliphatic rings. The van der Waals surface area contributed by atoms with Crippen molar-refractivity contribution < 1.29 is 14.6 Å². The predicted molar refractivity (Wildman–Crippen MR) is 49.2 cm³/mol. The Hall–Kier alpha value is -0.570. The maximum absolute atomic E-state index is 11.0. The van der Waals surface area contributed by atoms with E-state index in [1.807, 2.05) is 0 Å². The molecule has 2 unspecified atom stereocenters. The first kappa shape index (κ1) is 10.5. The predicted octanol–water partition coefficient (Wildman–Crippen LogP) is 1.49. The van der Waals surface area contributed by atoms with Crippen LogP contribution in [0.2, 0.25) is 0 Å². The van der Waals surface area contributed by atoms with Gasteiger partial charge >= 0.3 is 5.97 Å². The minimum atomic E-state index is -0.304. The summed E-state index contributed by atoms with van der Waals surface area (Å²) in [5.74, 6) is -0.0825. The molecule has 0 saturated heterocycles. The Morgan fingerprint density at radius 2 is 2.08 bits per heavy atom. The highest BCUT2D eigenvalue weighted by Crippen LogP contribution is 2.26. The van der Waals surface area contributed by atoms with Gasteiger partial charge in [0.25, 0.3) is 0 Å². The zero-order chi connectivity index (χ0) is 9.68. The van der Waals surface area contributed by atoms with Gasteiger partial charge in [-0.15, -0.1) is 0 Å². The lowest BCUT2D eigenvalue weighted by Gasteiger charge is -2.18. The second kappa shape index (κ2) is 5.22. The maximum atomic E-state index is 11.0. The van der Waals surface area contributed by atoms with Crippen molar-refractivity contribution in [2.24, 2.45) is 5.92 Å². The van der Waals surface area contributed by atoms with Gasteiger partial charge in [0.05, 0.1) is 19.6 Å². The minimum Gasteiger partial charge on any atom is -0.469 e. The van der Waals surface area contributed by atoms with Crippen molar-refractivity contribution in [3.63, 3.8) is 0 Å². The fraction of sp³-hybridized carbons (Fsp3) is 0.900. The first-order valence-corrected chi connectivity index (χ1v) is 4.99. The number of methoxy groups -OCH3 is 1. The molecule has 76 valence electrons. The third-order valence-electron chi connectivity index (χ3n) is 2.78. The monoisotopic (exact) mass is 186 g/mol. The van der Waals surface area contributed by atoms with E-state index in [0.29, 0.717) is 6.42 Å². The number of aliphatic hydroxyl groups is 1. The number of rotatable bonds is 2. The number of carbonyl (C=O) groups is 1.